The van der Waals surface area contributed by atoms with Gasteiger partial charge in [0.15, 0.2) is 0 Å². The van der Waals surface area contributed by atoms with Crippen LogP contribution in [0.2, 0.25) is 0 Å². The third kappa shape index (κ3) is 12.2. The molecule has 19 heavy (non-hydrogen) atoms. The van der Waals surface area contributed by atoms with Crippen LogP contribution in [-0.2, 0) is 9.53 Å². The number of unbranched alkanes of at least 4 members (excludes halogenated alkanes) is 2. The van der Waals surface area contributed by atoms with Crippen molar-refractivity contribution in [2.75, 3.05) is 39.9 Å². The molecule has 0 heterocycles. The molecular weight excluding hydrogens is 242 g/mol. The molecule has 4 heteroatoms. The lowest BCUT2D eigenvalue weighted by Crippen LogP contribution is -2.49. The number of nitrogens with zero attached hydrogens (tertiary/aromatic N) is 1. The Morgan fingerprint density at radius 1 is 1.05 bits per heavy atom. The smallest absolute Gasteiger partial charge is 0.102 e. The van der Waals surface area contributed by atoms with Crippen molar-refractivity contribution in [2.45, 2.75) is 53.4 Å². The van der Waals surface area contributed by atoms with E-state index in [1.54, 1.807) is 7.11 Å². The summed E-state index contributed by atoms with van der Waals surface area (Å²) in [6.45, 7) is 14.5. The first kappa shape index (κ1) is 20.7. The van der Waals surface area contributed by atoms with E-state index in [2.05, 4.69) is 20.8 Å². The van der Waals surface area contributed by atoms with Gasteiger partial charge in [0, 0.05) is 13.1 Å². The average molecular weight is 275 g/mol. The zero-order valence-electron chi connectivity index (χ0n) is 13.5. The molecule has 0 atom stereocenters. The van der Waals surface area contributed by atoms with Gasteiger partial charge in [-0.15, -0.1) is 0 Å². The fourth-order valence-electron chi connectivity index (χ4n) is 1.95. The Kier molecular flexibility index (Phi) is 15.1. The number of methoxy groups -OCH3 is 1. The zero-order valence-corrected chi connectivity index (χ0v) is 13.5. The number of carbonyl (C=O) groups is 1. The van der Waals surface area contributed by atoms with E-state index >= 15 is 0 Å². The Labute approximate surface area is 119 Å². The summed E-state index contributed by atoms with van der Waals surface area (Å²) in [7, 11) is 1.77. The van der Waals surface area contributed by atoms with Crippen LogP contribution in [0, 0.1) is 0 Å². The predicted octanol–water partition coefficient (Wildman–Crippen LogP) is 1.83. The quantitative estimate of drug-likeness (QED) is 0.451. The molecule has 0 unspecified atom stereocenters. The van der Waals surface area contributed by atoms with E-state index < -0.39 is 5.97 Å². The first-order chi connectivity index (χ1) is 9.01. The molecule has 0 aromatic carbocycles. The maximum absolute atomic E-state index is 9.76. The Bertz CT molecular complexity index is 195. The lowest BCUT2D eigenvalue weighted by molar-refractivity contribution is -0.923. The van der Waals surface area contributed by atoms with Crippen molar-refractivity contribution >= 4 is 5.97 Å². The minimum absolute atomic E-state index is 0.216. The van der Waals surface area contributed by atoms with Gasteiger partial charge in [-0.2, -0.15) is 0 Å². The molecule has 0 aliphatic rings. The highest BCUT2D eigenvalue weighted by Crippen LogP contribution is 2.04. The summed E-state index contributed by atoms with van der Waals surface area (Å²) in [6, 6.07) is 0. The van der Waals surface area contributed by atoms with E-state index in [-0.39, 0.29) is 6.42 Å². The Morgan fingerprint density at radius 3 is 1.89 bits per heavy atom. The van der Waals surface area contributed by atoms with Crippen LogP contribution in [0.5, 0.6) is 0 Å². The first-order valence-electron chi connectivity index (χ1n) is 7.55. The molecule has 0 aromatic heterocycles. The number of likely N-dealkylation sites (N-methyl/N-ethyl adjacent to an activating group) is 1. The number of quaternary nitrogens is 1. The molecule has 0 aliphatic heterocycles. The normalized spacial score (nSPS) is 10.8. The Balaban J connectivity index is 0. The van der Waals surface area contributed by atoms with Crippen LogP contribution in [0.3, 0.4) is 0 Å². The maximum Gasteiger partial charge on any atom is 0.102 e. The highest BCUT2D eigenvalue weighted by molar-refractivity contribution is 5.63. The number of rotatable bonds is 10. The molecule has 0 spiro atoms. The standard InChI is InChI=1S/C9H22NO.C6H12O2/c1-5-10(6-2,7-3)8-9-11-4;1-2-3-4-5-6(7)8/h5-9H2,1-4H3;2-5H2,1H3,(H,7,8)/q+1;/p-1. The van der Waals surface area contributed by atoms with E-state index in [4.69, 9.17) is 4.74 Å². The Hall–Kier alpha value is -0.610. The van der Waals surface area contributed by atoms with E-state index in [0.29, 0.717) is 0 Å². The van der Waals surface area contributed by atoms with Gasteiger partial charge in [-0.05, 0) is 33.6 Å². The number of hydrogen-bond donors (Lipinski definition) is 0. The van der Waals surface area contributed by atoms with Gasteiger partial charge >= 0.3 is 0 Å². The molecule has 0 fully saturated rings. The van der Waals surface area contributed by atoms with Crippen molar-refractivity contribution in [2.24, 2.45) is 0 Å². The van der Waals surface area contributed by atoms with Gasteiger partial charge < -0.3 is 19.1 Å². The molecular formula is C15H33NO3. The summed E-state index contributed by atoms with van der Waals surface area (Å²) in [5, 5.41) is 9.76. The summed E-state index contributed by atoms with van der Waals surface area (Å²) < 4.78 is 6.28. The molecule has 0 bridgehead atoms. The summed E-state index contributed by atoms with van der Waals surface area (Å²) in [5.41, 5.74) is 0. The van der Waals surface area contributed by atoms with Gasteiger partial charge in [0.25, 0.3) is 0 Å². The maximum atomic E-state index is 9.76. The van der Waals surface area contributed by atoms with Gasteiger partial charge in [-0.25, -0.2) is 0 Å². The van der Waals surface area contributed by atoms with Crippen LogP contribution in [0.4, 0.5) is 0 Å². The van der Waals surface area contributed by atoms with Crippen molar-refractivity contribution in [1.29, 1.82) is 0 Å². The predicted molar refractivity (Wildman–Crippen MR) is 77.8 cm³/mol. The highest BCUT2D eigenvalue weighted by atomic mass is 16.5. The number of aliphatic carboxylic acids is 1. The fraction of sp³-hybridized carbons (Fsp3) is 0.933. The molecule has 0 rings (SSSR count). The Morgan fingerprint density at radius 2 is 1.58 bits per heavy atom. The molecule has 0 saturated heterocycles. The van der Waals surface area contributed by atoms with Crippen molar-refractivity contribution in [3.05, 3.63) is 0 Å². The lowest BCUT2D eigenvalue weighted by Gasteiger charge is -2.35. The number of carbonyl (C=O) groups excluding carboxylic acids is 1. The van der Waals surface area contributed by atoms with Gasteiger partial charge in [-0.1, -0.05) is 19.8 Å². The van der Waals surface area contributed by atoms with Crippen molar-refractivity contribution in [1.82, 2.24) is 0 Å². The number of hydrogen-bond acceptors (Lipinski definition) is 3. The largest absolute Gasteiger partial charge is 0.550 e. The van der Waals surface area contributed by atoms with Crippen molar-refractivity contribution < 1.29 is 19.1 Å². The first-order valence-corrected chi connectivity index (χ1v) is 7.55. The third-order valence-corrected chi connectivity index (χ3v) is 3.77. The summed E-state index contributed by atoms with van der Waals surface area (Å²) in [5.74, 6) is -0.932. The second-order valence-corrected chi connectivity index (χ2v) is 4.84. The molecule has 0 radical (unpaired) electrons. The van der Waals surface area contributed by atoms with Crippen LogP contribution >= 0.6 is 0 Å². The number of ether oxygens (including phenoxy) is 1. The minimum Gasteiger partial charge on any atom is -0.550 e. The van der Waals surface area contributed by atoms with Crippen LogP contribution in [-0.4, -0.2) is 50.3 Å². The van der Waals surface area contributed by atoms with E-state index in [0.717, 1.165) is 32.4 Å². The monoisotopic (exact) mass is 275 g/mol. The number of carboxylic acids is 1. The SMILES string of the molecule is CCCCCC(=O)[O-].CC[N+](CC)(CC)CCOC. The summed E-state index contributed by atoms with van der Waals surface area (Å²) in [4.78, 5) is 9.76. The van der Waals surface area contributed by atoms with Gasteiger partial charge in [0.05, 0.1) is 26.2 Å². The zero-order chi connectivity index (χ0) is 15.1. The molecule has 0 amide bonds. The van der Waals surface area contributed by atoms with E-state index in [1.807, 2.05) is 6.92 Å². The van der Waals surface area contributed by atoms with Gasteiger partial charge in [-0.3, -0.25) is 0 Å². The van der Waals surface area contributed by atoms with Crippen molar-refractivity contribution in [3.63, 3.8) is 0 Å². The minimum atomic E-state index is -0.932. The second-order valence-electron chi connectivity index (χ2n) is 4.84. The molecule has 0 aliphatic carbocycles. The topological polar surface area (TPSA) is 49.4 Å². The van der Waals surface area contributed by atoms with Crippen LogP contribution in [0.1, 0.15) is 53.4 Å². The molecule has 0 N–H and O–H groups in total. The average Bonchev–Trinajstić information content (AvgIpc) is 2.42. The van der Waals surface area contributed by atoms with Crippen LogP contribution in [0.15, 0.2) is 0 Å². The highest BCUT2D eigenvalue weighted by Gasteiger charge is 2.19. The lowest BCUT2D eigenvalue weighted by atomic mass is 10.2. The van der Waals surface area contributed by atoms with Gasteiger partial charge in [0.1, 0.15) is 6.54 Å². The van der Waals surface area contributed by atoms with Crippen LogP contribution < -0.4 is 5.11 Å². The molecule has 4 nitrogen and oxygen atoms in total. The van der Waals surface area contributed by atoms with Gasteiger partial charge in [0.2, 0.25) is 0 Å². The number of carboxylic acid groups (broad SMARTS) is 1. The molecule has 0 aromatic rings. The fourth-order valence-corrected chi connectivity index (χ4v) is 1.95. The van der Waals surface area contributed by atoms with Crippen LogP contribution in [0.25, 0.3) is 0 Å². The van der Waals surface area contributed by atoms with Crippen molar-refractivity contribution in [3.8, 4) is 0 Å². The molecule has 0 saturated carbocycles. The third-order valence-electron chi connectivity index (χ3n) is 3.77. The van der Waals surface area contributed by atoms with E-state index in [9.17, 15) is 9.90 Å². The van der Waals surface area contributed by atoms with E-state index in [1.165, 1.54) is 24.1 Å². The second kappa shape index (κ2) is 13.8. The summed E-state index contributed by atoms with van der Waals surface area (Å²) in [6.07, 6.45) is 3.04. The summed E-state index contributed by atoms with van der Waals surface area (Å²) >= 11 is 0. The molecule has 116 valence electrons.